The molecule has 3 rings (SSSR count). The van der Waals surface area contributed by atoms with E-state index in [1.165, 1.54) is 15.9 Å². The van der Waals surface area contributed by atoms with Crippen molar-refractivity contribution in [3.05, 3.63) is 96.1 Å². The maximum atomic E-state index is 7.00. The molecule has 0 aliphatic rings. The van der Waals surface area contributed by atoms with Crippen LogP contribution in [0.4, 0.5) is 0 Å². The van der Waals surface area contributed by atoms with Crippen LogP contribution in [0.15, 0.2) is 90.1 Å². The lowest BCUT2D eigenvalue weighted by Gasteiger charge is -2.33. The van der Waals surface area contributed by atoms with E-state index < -0.39 is 8.32 Å². The molecule has 0 saturated carbocycles. The van der Waals surface area contributed by atoms with Gasteiger partial charge >= 0.3 is 0 Å². The van der Waals surface area contributed by atoms with Crippen LogP contribution in [0.1, 0.15) is 31.1 Å². The molecular weight excluding hydrogens is 374 g/mol. The third-order valence-corrected chi connectivity index (χ3v) is 8.66. The molecule has 1 atom stereocenters. The fourth-order valence-corrected chi connectivity index (χ4v) is 6.50. The summed E-state index contributed by atoms with van der Waals surface area (Å²) >= 11 is 0. The molecule has 0 bridgehead atoms. The minimum Gasteiger partial charge on any atom is -0.398 e. The monoisotopic (exact) mass is 403 g/mol. The Morgan fingerprint density at radius 3 is 1.86 bits per heavy atom. The van der Waals surface area contributed by atoms with Crippen LogP contribution >= 0.6 is 0 Å². The molecule has 0 amide bonds. The molecule has 0 saturated heterocycles. The van der Waals surface area contributed by atoms with Crippen LogP contribution in [0.5, 0.6) is 0 Å². The Labute approximate surface area is 175 Å². The van der Waals surface area contributed by atoms with Crippen molar-refractivity contribution in [2.24, 2.45) is 5.16 Å². The molecule has 0 spiro atoms. The van der Waals surface area contributed by atoms with Crippen molar-refractivity contribution in [3.8, 4) is 0 Å². The van der Waals surface area contributed by atoms with Gasteiger partial charge in [0.1, 0.15) is 12.7 Å². The number of hydrogen-bond donors (Lipinski definition) is 0. The SMILES string of the molecule is CC(C)=NOC[C@H](O[Si](C)(c1ccccc1)c1ccccc1)c1ccccc1C. The zero-order valence-corrected chi connectivity index (χ0v) is 18.6. The number of hydrogen-bond acceptors (Lipinski definition) is 3. The summed E-state index contributed by atoms with van der Waals surface area (Å²) in [6, 6.07) is 29.4. The van der Waals surface area contributed by atoms with Gasteiger partial charge in [0.05, 0.1) is 5.71 Å². The molecule has 3 aromatic carbocycles. The van der Waals surface area contributed by atoms with Crippen molar-refractivity contribution in [1.82, 2.24) is 0 Å². The Morgan fingerprint density at radius 2 is 1.34 bits per heavy atom. The molecule has 4 heteroatoms. The lowest BCUT2D eigenvalue weighted by atomic mass is 10.0. The Bertz CT molecular complexity index is 898. The second kappa shape index (κ2) is 9.68. The van der Waals surface area contributed by atoms with E-state index in [-0.39, 0.29) is 6.10 Å². The predicted octanol–water partition coefficient (Wildman–Crippen LogP) is 4.85. The van der Waals surface area contributed by atoms with Crippen LogP contribution in [-0.2, 0) is 9.26 Å². The molecule has 0 aliphatic carbocycles. The molecular formula is C25H29NO2Si. The van der Waals surface area contributed by atoms with Crippen molar-refractivity contribution in [3.63, 3.8) is 0 Å². The van der Waals surface area contributed by atoms with Gasteiger partial charge in [0.25, 0.3) is 8.32 Å². The van der Waals surface area contributed by atoms with E-state index in [9.17, 15) is 0 Å². The largest absolute Gasteiger partial charge is 0.398 e. The van der Waals surface area contributed by atoms with Crippen LogP contribution in [0, 0.1) is 6.92 Å². The van der Waals surface area contributed by atoms with Gasteiger partial charge < -0.3 is 9.26 Å². The van der Waals surface area contributed by atoms with Crippen molar-refractivity contribution >= 4 is 24.4 Å². The van der Waals surface area contributed by atoms with Crippen LogP contribution in [0.25, 0.3) is 0 Å². The molecule has 3 nitrogen and oxygen atoms in total. The summed E-state index contributed by atoms with van der Waals surface area (Å²) in [5, 5.41) is 6.62. The highest BCUT2D eigenvalue weighted by atomic mass is 28.4. The quantitative estimate of drug-likeness (QED) is 0.306. The fourth-order valence-electron chi connectivity index (χ4n) is 3.47. The number of oxime groups is 1. The first-order valence-corrected chi connectivity index (χ1v) is 12.4. The molecule has 0 heterocycles. The highest BCUT2D eigenvalue weighted by Crippen LogP contribution is 2.26. The Kier molecular flexibility index (Phi) is 7.02. The molecule has 3 aromatic rings. The van der Waals surface area contributed by atoms with E-state index >= 15 is 0 Å². The van der Waals surface area contributed by atoms with Crippen molar-refractivity contribution in [2.75, 3.05) is 6.61 Å². The Morgan fingerprint density at radius 1 is 0.828 bits per heavy atom. The average molecular weight is 404 g/mol. The highest BCUT2D eigenvalue weighted by Gasteiger charge is 2.37. The summed E-state index contributed by atoms with van der Waals surface area (Å²) in [6.07, 6.45) is -0.212. The summed E-state index contributed by atoms with van der Waals surface area (Å²) < 4.78 is 7.00. The first-order chi connectivity index (χ1) is 14.0. The summed E-state index contributed by atoms with van der Waals surface area (Å²) in [5.74, 6) is 0. The van der Waals surface area contributed by atoms with Crippen LogP contribution < -0.4 is 10.4 Å². The standard InChI is InChI=1S/C25H29NO2Si/c1-20(2)26-27-19-25(24-18-12-11-13-21(24)3)28-29(4,22-14-7-5-8-15-22)23-16-9-6-10-17-23/h5-18,25H,19H2,1-4H3/t25-/m0/s1. The zero-order valence-electron chi connectivity index (χ0n) is 17.6. The molecule has 0 fully saturated rings. The first-order valence-electron chi connectivity index (χ1n) is 9.98. The minimum atomic E-state index is -2.48. The fraction of sp³-hybridized carbons (Fsp3) is 0.240. The van der Waals surface area contributed by atoms with E-state index in [4.69, 9.17) is 9.26 Å². The summed E-state index contributed by atoms with van der Waals surface area (Å²) in [4.78, 5) is 5.67. The van der Waals surface area contributed by atoms with Gasteiger partial charge in [0.2, 0.25) is 0 Å². The lowest BCUT2D eigenvalue weighted by Crippen LogP contribution is -2.59. The molecule has 0 unspecified atom stereocenters. The Balaban J connectivity index is 2.03. The van der Waals surface area contributed by atoms with E-state index in [2.05, 4.69) is 91.4 Å². The van der Waals surface area contributed by atoms with Gasteiger partial charge in [-0.2, -0.15) is 0 Å². The van der Waals surface area contributed by atoms with E-state index in [1.54, 1.807) is 0 Å². The normalized spacial score (nSPS) is 12.3. The average Bonchev–Trinajstić information content (AvgIpc) is 2.74. The van der Waals surface area contributed by atoms with Gasteiger partial charge in [-0.15, -0.1) is 0 Å². The summed E-state index contributed by atoms with van der Waals surface area (Å²) in [7, 11) is -2.48. The summed E-state index contributed by atoms with van der Waals surface area (Å²) in [6.45, 7) is 8.60. The molecule has 150 valence electrons. The van der Waals surface area contributed by atoms with Crippen LogP contribution in [0.2, 0.25) is 6.55 Å². The lowest BCUT2D eigenvalue weighted by molar-refractivity contribution is 0.0508. The van der Waals surface area contributed by atoms with E-state index in [0.717, 1.165) is 11.3 Å². The molecule has 0 aromatic heterocycles. The highest BCUT2D eigenvalue weighted by molar-refractivity contribution is 6.96. The Hall–Kier alpha value is -2.69. The third kappa shape index (κ3) is 5.22. The number of rotatable bonds is 8. The van der Waals surface area contributed by atoms with Crippen molar-refractivity contribution in [2.45, 2.75) is 33.4 Å². The van der Waals surface area contributed by atoms with Gasteiger partial charge in [-0.3, -0.25) is 0 Å². The maximum absolute atomic E-state index is 7.00. The maximum Gasteiger partial charge on any atom is 0.253 e. The van der Waals surface area contributed by atoms with E-state index in [1.807, 2.05) is 26.0 Å². The zero-order chi connectivity index (χ0) is 20.7. The van der Waals surface area contributed by atoms with Gasteiger partial charge in [0.15, 0.2) is 0 Å². The van der Waals surface area contributed by atoms with Gasteiger partial charge in [0, 0.05) is 0 Å². The third-order valence-electron chi connectivity index (χ3n) is 5.04. The van der Waals surface area contributed by atoms with Gasteiger partial charge in [-0.1, -0.05) is 90.1 Å². The smallest absolute Gasteiger partial charge is 0.253 e. The van der Waals surface area contributed by atoms with Gasteiger partial charge in [-0.25, -0.2) is 0 Å². The van der Waals surface area contributed by atoms with Crippen molar-refractivity contribution in [1.29, 1.82) is 0 Å². The molecule has 0 radical (unpaired) electrons. The first kappa shape index (κ1) is 21.0. The van der Waals surface area contributed by atoms with E-state index in [0.29, 0.717) is 6.61 Å². The summed E-state index contributed by atoms with van der Waals surface area (Å²) in [5.41, 5.74) is 3.22. The molecule has 29 heavy (non-hydrogen) atoms. The molecule has 0 aliphatic heterocycles. The number of nitrogens with zero attached hydrogens (tertiary/aromatic N) is 1. The molecule has 0 N–H and O–H groups in total. The van der Waals surface area contributed by atoms with Gasteiger partial charge in [-0.05, 0) is 48.8 Å². The topological polar surface area (TPSA) is 30.8 Å². The second-order valence-corrected chi connectivity index (χ2v) is 11.0. The van der Waals surface area contributed by atoms with Crippen LogP contribution in [-0.4, -0.2) is 20.6 Å². The van der Waals surface area contributed by atoms with Crippen LogP contribution in [0.3, 0.4) is 0 Å². The second-order valence-electron chi connectivity index (χ2n) is 7.56. The van der Waals surface area contributed by atoms with Crippen molar-refractivity contribution < 1.29 is 9.26 Å². The predicted molar refractivity (Wildman–Crippen MR) is 124 cm³/mol. The minimum absolute atomic E-state index is 0.212. The number of benzene rings is 3. The number of aryl methyl sites for hydroxylation is 1.